The van der Waals surface area contributed by atoms with Crippen molar-refractivity contribution in [2.75, 3.05) is 0 Å². The van der Waals surface area contributed by atoms with E-state index in [0.29, 0.717) is 4.88 Å². The summed E-state index contributed by atoms with van der Waals surface area (Å²) in [7, 11) is 0. The molecule has 0 aliphatic heterocycles. The first-order valence-electron chi connectivity index (χ1n) is 6.02. The standard InChI is InChI=1S/C14H5Br2F3O2S2/c15-11-8-5-9(22-10(8)12(16)23-11)13(20)21-7-3-1-6(2-4-7)14(17,18)19/h1-5H. The van der Waals surface area contributed by atoms with Crippen LogP contribution in [0.25, 0.3) is 10.1 Å². The lowest BCUT2D eigenvalue weighted by Gasteiger charge is -2.07. The molecule has 0 fully saturated rings. The topological polar surface area (TPSA) is 26.3 Å². The highest BCUT2D eigenvalue weighted by Gasteiger charge is 2.30. The molecule has 3 aromatic rings. The second-order valence-corrected chi connectivity index (χ2v) is 9.12. The molecule has 0 radical (unpaired) electrons. The fourth-order valence-corrected chi connectivity index (χ4v) is 6.17. The van der Waals surface area contributed by atoms with Gasteiger partial charge in [0.05, 0.1) is 17.8 Å². The Hall–Kier alpha value is -0.900. The van der Waals surface area contributed by atoms with Gasteiger partial charge in [0.2, 0.25) is 0 Å². The predicted octanol–water partition coefficient (Wildman–Crippen LogP) is 6.73. The van der Waals surface area contributed by atoms with Crippen molar-refractivity contribution in [1.82, 2.24) is 0 Å². The maximum Gasteiger partial charge on any atom is 0.416 e. The summed E-state index contributed by atoms with van der Waals surface area (Å²) < 4.78 is 45.3. The van der Waals surface area contributed by atoms with Gasteiger partial charge in [0.15, 0.2) is 0 Å². The molecule has 0 saturated carbocycles. The van der Waals surface area contributed by atoms with Crippen LogP contribution in [0.4, 0.5) is 13.2 Å². The summed E-state index contributed by atoms with van der Waals surface area (Å²) in [4.78, 5) is 12.5. The van der Waals surface area contributed by atoms with Gasteiger partial charge in [0, 0.05) is 5.39 Å². The summed E-state index contributed by atoms with van der Waals surface area (Å²) in [5.41, 5.74) is -0.790. The molecule has 3 rings (SSSR count). The highest BCUT2D eigenvalue weighted by Crippen LogP contribution is 2.43. The van der Waals surface area contributed by atoms with Crippen molar-refractivity contribution < 1.29 is 22.7 Å². The molecule has 0 amide bonds. The zero-order valence-corrected chi connectivity index (χ0v) is 15.7. The molecular weight excluding hydrogens is 481 g/mol. The van der Waals surface area contributed by atoms with E-state index in [9.17, 15) is 18.0 Å². The largest absolute Gasteiger partial charge is 0.422 e. The van der Waals surface area contributed by atoms with E-state index >= 15 is 0 Å². The summed E-state index contributed by atoms with van der Waals surface area (Å²) in [6, 6.07) is 5.70. The molecule has 23 heavy (non-hydrogen) atoms. The van der Waals surface area contributed by atoms with Crippen molar-refractivity contribution >= 4 is 70.6 Å². The van der Waals surface area contributed by atoms with Crippen LogP contribution in [0.2, 0.25) is 0 Å². The SMILES string of the molecule is O=C(Oc1ccc(C(F)(F)F)cc1)c1cc2c(Br)sc(Br)c2s1. The van der Waals surface area contributed by atoms with E-state index in [4.69, 9.17) is 4.74 Å². The van der Waals surface area contributed by atoms with Gasteiger partial charge in [-0.1, -0.05) is 0 Å². The lowest BCUT2D eigenvalue weighted by atomic mass is 10.2. The average molecular weight is 486 g/mol. The van der Waals surface area contributed by atoms with E-state index in [1.54, 1.807) is 6.07 Å². The van der Waals surface area contributed by atoms with Crippen LogP contribution in [0.3, 0.4) is 0 Å². The Morgan fingerprint density at radius 3 is 2.26 bits per heavy atom. The second kappa shape index (κ2) is 6.19. The first-order chi connectivity index (χ1) is 10.8. The maximum atomic E-state index is 12.5. The summed E-state index contributed by atoms with van der Waals surface area (Å²) in [5, 5.41) is 0.895. The van der Waals surface area contributed by atoms with Crippen LogP contribution in [-0.4, -0.2) is 5.97 Å². The molecule has 0 spiro atoms. The smallest absolute Gasteiger partial charge is 0.416 e. The summed E-state index contributed by atoms with van der Waals surface area (Å²) in [6.45, 7) is 0. The average Bonchev–Trinajstić information content (AvgIpc) is 3.01. The lowest BCUT2D eigenvalue weighted by molar-refractivity contribution is -0.137. The third-order valence-electron chi connectivity index (χ3n) is 2.89. The van der Waals surface area contributed by atoms with Crippen LogP contribution in [0.5, 0.6) is 5.75 Å². The van der Waals surface area contributed by atoms with E-state index in [0.717, 1.165) is 41.9 Å². The maximum absolute atomic E-state index is 12.5. The number of benzene rings is 1. The van der Waals surface area contributed by atoms with Crippen molar-refractivity contribution in [2.24, 2.45) is 0 Å². The van der Waals surface area contributed by atoms with E-state index in [-0.39, 0.29) is 5.75 Å². The molecule has 0 unspecified atom stereocenters. The molecule has 0 atom stereocenters. The van der Waals surface area contributed by atoms with Crippen LogP contribution in [0.15, 0.2) is 37.9 Å². The highest BCUT2D eigenvalue weighted by atomic mass is 79.9. The normalized spacial score (nSPS) is 11.9. The van der Waals surface area contributed by atoms with Gasteiger partial charge in [-0.05, 0) is 62.2 Å². The number of ether oxygens (including phenoxy) is 1. The third kappa shape index (κ3) is 3.47. The van der Waals surface area contributed by atoms with Gasteiger partial charge < -0.3 is 4.74 Å². The minimum atomic E-state index is -4.42. The Morgan fingerprint density at radius 2 is 1.70 bits per heavy atom. The number of fused-ring (bicyclic) bond motifs is 1. The fraction of sp³-hybridized carbons (Fsp3) is 0.0714. The molecule has 0 N–H and O–H groups in total. The van der Waals surface area contributed by atoms with Gasteiger partial charge in [0.25, 0.3) is 0 Å². The Morgan fingerprint density at radius 1 is 1.04 bits per heavy atom. The molecule has 1 aromatic carbocycles. The fourth-order valence-electron chi connectivity index (χ4n) is 1.83. The summed E-state index contributed by atoms with van der Waals surface area (Å²) in [6.07, 6.45) is -4.42. The Balaban J connectivity index is 1.81. The number of hydrogen-bond donors (Lipinski definition) is 0. The number of esters is 1. The van der Waals surface area contributed by atoms with Gasteiger partial charge in [-0.3, -0.25) is 0 Å². The van der Waals surface area contributed by atoms with E-state index in [1.165, 1.54) is 22.7 Å². The Kier molecular flexibility index (Phi) is 4.56. The molecule has 0 aliphatic rings. The summed E-state index contributed by atoms with van der Waals surface area (Å²) >= 11 is 9.58. The molecule has 9 heteroatoms. The van der Waals surface area contributed by atoms with Gasteiger partial charge in [-0.15, -0.1) is 22.7 Å². The lowest BCUT2D eigenvalue weighted by Crippen LogP contribution is -2.08. The van der Waals surface area contributed by atoms with Crippen LogP contribution >= 0.6 is 54.5 Å². The molecule has 2 heterocycles. The number of thiophene rings is 2. The van der Waals surface area contributed by atoms with Crippen molar-refractivity contribution in [3.8, 4) is 5.75 Å². The molecule has 0 aliphatic carbocycles. The van der Waals surface area contributed by atoms with Gasteiger partial charge >= 0.3 is 12.1 Å². The zero-order valence-electron chi connectivity index (χ0n) is 10.9. The van der Waals surface area contributed by atoms with Crippen molar-refractivity contribution in [2.45, 2.75) is 6.18 Å². The minimum Gasteiger partial charge on any atom is -0.422 e. The zero-order chi connectivity index (χ0) is 16.8. The number of halogens is 5. The molecule has 2 aromatic heterocycles. The Labute approximate surface area is 153 Å². The van der Waals surface area contributed by atoms with Gasteiger partial charge in [0.1, 0.15) is 10.6 Å². The van der Waals surface area contributed by atoms with Crippen LogP contribution in [0.1, 0.15) is 15.2 Å². The first kappa shape index (κ1) is 16.9. The van der Waals surface area contributed by atoms with E-state index < -0.39 is 17.7 Å². The van der Waals surface area contributed by atoms with Crippen molar-refractivity contribution in [1.29, 1.82) is 0 Å². The summed E-state index contributed by atoms with van der Waals surface area (Å²) in [5.74, 6) is -0.535. The third-order valence-corrected chi connectivity index (χ3v) is 7.00. The van der Waals surface area contributed by atoms with E-state index in [1.807, 2.05) is 0 Å². The number of carbonyl (C=O) groups excluding carboxylic acids is 1. The molecule has 120 valence electrons. The quantitative estimate of drug-likeness (QED) is 0.297. The second-order valence-electron chi connectivity index (χ2n) is 4.41. The number of alkyl halides is 3. The van der Waals surface area contributed by atoms with Crippen molar-refractivity contribution in [3.63, 3.8) is 0 Å². The molecule has 2 nitrogen and oxygen atoms in total. The number of rotatable bonds is 2. The van der Waals surface area contributed by atoms with Crippen LogP contribution < -0.4 is 4.74 Å². The molecule has 0 saturated heterocycles. The van der Waals surface area contributed by atoms with Crippen LogP contribution in [0, 0.1) is 0 Å². The number of hydrogen-bond acceptors (Lipinski definition) is 4. The minimum absolute atomic E-state index is 0.0667. The van der Waals surface area contributed by atoms with Gasteiger partial charge in [-0.2, -0.15) is 13.2 Å². The van der Waals surface area contributed by atoms with Crippen molar-refractivity contribution in [3.05, 3.63) is 48.3 Å². The van der Waals surface area contributed by atoms with Crippen LogP contribution in [-0.2, 0) is 6.18 Å². The molecule has 0 bridgehead atoms. The van der Waals surface area contributed by atoms with E-state index in [2.05, 4.69) is 31.9 Å². The van der Waals surface area contributed by atoms with Gasteiger partial charge in [-0.25, -0.2) is 4.79 Å². The highest BCUT2D eigenvalue weighted by molar-refractivity contribution is 9.12. The number of carbonyl (C=O) groups is 1. The monoisotopic (exact) mass is 484 g/mol. The Bertz CT molecular complexity index is 847. The molecular formula is C14H5Br2F3O2S2. The first-order valence-corrected chi connectivity index (χ1v) is 9.24. The predicted molar refractivity (Wildman–Crippen MR) is 91.5 cm³/mol.